The van der Waals surface area contributed by atoms with Crippen molar-refractivity contribution in [2.75, 3.05) is 56.2 Å². The van der Waals surface area contributed by atoms with Crippen LogP contribution in [0.1, 0.15) is 58.7 Å². The van der Waals surface area contributed by atoms with E-state index in [4.69, 9.17) is 26.4 Å². The molecule has 1 saturated carbocycles. The molecule has 19 heteroatoms. The summed E-state index contributed by atoms with van der Waals surface area (Å²) in [6, 6.07) is 10.9. The summed E-state index contributed by atoms with van der Waals surface area (Å²) in [7, 11) is 0. The van der Waals surface area contributed by atoms with Gasteiger partial charge in [0, 0.05) is 66.7 Å². The lowest BCUT2D eigenvalue weighted by Gasteiger charge is -2.57. The summed E-state index contributed by atoms with van der Waals surface area (Å²) in [6.07, 6.45) is -0.408. The van der Waals surface area contributed by atoms with E-state index in [0.717, 1.165) is 69.7 Å². The van der Waals surface area contributed by atoms with Crippen molar-refractivity contribution in [2.45, 2.75) is 69.2 Å². The van der Waals surface area contributed by atoms with Crippen LogP contribution < -0.4 is 15.8 Å². The Balaban J connectivity index is 0.992. The van der Waals surface area contributed by atoms with Crippen LogP contribution in [0, 0.1) is 12.8 Å². The Morgan fingerprint density at radius 2 is 1.79 bits per heavy atom. The van der Waals surface area contributed by atoms with E-state index in [1.165, 1.54) is 10.8 Å². The number of alkyl halides is 3. The zero-order valence-electron chi connectivity index (χ0n) is 33.2. The molecule has 15 nitrogen and oxygen atoms in total. The Morgan fingerprint density at radius 1 is 1.02 bits per heavy atom. The first-order chi connectivity index (χ1) is 29.3. The van der Waals surface area contributed by atoms with Crippen LogP contribution in [0.15, 0.2) is 53.6 Å². The second kappa shape index (κ2) is 14.8. The van der Waals surface area contributed by atoms with Crippen molar-refractivity contribution in [2.24, 2.45) is 5.92 Å². The summed E-state index contributed by atoms with van der Waals surface area (Å²) in [4.78, 5) is 62.0. The standard InChI is InChI=1S/C42H42ClF3N10O5/c1-23-36(58)35(48-22-47-23)39(60)54-13-12-41(28-7-9-31(28)54)11-10-32-34(41)38(59)56-40(55(32)19-33(57)49-30-8-4-25(18-29(30)43)42(44,45)46)50-37(51-56)24-2-5-26(6-3-24)52-14-16-53(17-15-52)27-20-61-21-27/h2-6,8,18,22,27-28,31,58H,7,9-17,19-21H2,1H3,(H,49,57)/t28-,31+,41?/m0/s1. The van der Waals surface area contributed by atoms with Crippen LogP contribution in [0.25, 0.3) is 17.2 Å². The predicted octanol–water partition coefficient (Wildman–Crippen LogP) is 4.70. The number of carbonyl (C=O) groups is 2. The number of anilines is 2. The third kappa shape index (κ3) is 6.61. The quantitative estimate of drug-likeness (QED) is 0.233. The molecule has 5 aromatic rings. The lowest BCUT2D eigenvalue weighted by Crippen LogP contribution is -2.63. The van der Waals surface area contributed by atoms with Gasteiger partial charge in [-0.3, -0.25) is 19.3 Å². The number of fused-ring (bicyclic) bond motifs is 5. The van der Waals surface area contributed by atoms with Gasteiger partial charge < -0.3 is 29.5 Å². The molecule has 3 aromatic heterocycles. The van der Waals surface area contributed by atoms with Gasteiger partial charge in [-0.1, -0.05) is 11.6 Å². The molecule has 5 aliphatic rings. The average molecular weight is 859 g/mol. The van der Waals surface area contributed by atoms with Gasteiger partial charge in [0.05, 0.1) is 41.2 Å². The highest BCUT2D eigenvalue weighted by atomic mass is 35.5. The van der Waals surface area contributed by atoms with Gasteiger partial charge in [-0.25, -0.2) is 9.97 Å². The minimum atomic E-state index is -4.61. The van der Waals surface area contributed by atoms with Gasteiger partial charge in [0.2, 0.25) is 11.7 Å². The highest BCUT2D eigenvalue weighted by Gasteiger charge is 2.59. The molecule has 2 aliphatic carbocycles. The number of amides is 2. The molecule has 61 heavy (non-hydrogen) atoms. The molecule has 3 saturated heterocycles. The third-order valence-corrected chi connectivity index (χ3v) is 13.9. The number of aryl methyl sites for hydroxylation is 1. The Bertz CT molecular complexity index is 2640. The largest absolute Gasteiger partial charge is 0.504 e. The number of aromatic hydroxyl groups is 1. The number of halogens is 4. The van der Waals surface area contributed by atoms with Crippen LogP contribution in [0.5, 0.6) is 5.75 Å². The predicted molar refractivity (Wildman–Crippen MR) is 217 cm³/mol. The number of piperidine rings is 1. The molecule has 2 N–H and O–H groups in total. The molecule has 4 fully saturated rings. The van der Waals surface area contributed by atoms with E-state index >= 15 is 0 Å². The summed E-state index contributed by atoms with van der Waals surface area (Å²) in [6.45, 7) is 6.80. The van der Waals surface area contributed by atoms with E-state index in [9.17, 15) is 32.7 Å². The van der Waals surface area contributed by atoms with Gasteiger partial charge in [-0.2, -0.15) is 22.7 Å². The summed E-state index contributed by atoms with van der Waals surface area (Å²) in [5.41, 5.74) is 1.21. The first-order valence-corrected chi connectivity index (χ1v) is 20.9. The van der Waals surface area contributed by atoms with Crippen molar-refractivity contribution in [3.63, 3.8) is 0 Å². The zero-order chi connectivity index (χ0) is 42.4. The highest BCUT2D eigenvalue weighted by Crippen LogP contribution is 2.57. The Morgan fingerprint density at radius 3 is 2.46 bits per heavy atom. The topological polar surface area (TPSA) is 163 Å². The molecule has 3 aliphatic heterocycles. The maximum Gasteiger partial charge on any atom is 0.416 e. The summed E-state index contributed by atoms with van der Waals surface area (Å²) in [5.74, 6) is -0.888. The lowest BCUT2D eigenvalue weighted by atomic mass is 9.56. The number of piperazine rings is 1. The monoisotopic (exact) mass is 858 g/mol. The molecular weight excluding hydrogens is 817 g/mol. The minimum Gasteiger partial charge on any atom is -0.504 e. The van der Waals surface area contributed by atoms with E-state index in [2.05, 4.69) is 25.1 Å². The Labute approximate surface area is 352 Å². The van der Waals surface area contributed by atoms with Crippen molar-refractivity contribution >= 4 is 40.6 Å². The fourth-order valence-electron chi connectivity index (χ4n) is 10.1. The fraction of sp³-hybridized carbons (Fsp3) is 0.452. The number of rotatable bonds is 7. The number of hydrogen-bond donors (Lipinski definition) is 2. The Kier molecular flexibility index (Phi) is 9.59. The van der Waals surface area contributed by atoms with Crippen LogP contribution in [-0.2, 0) is 34.1 Å². The fourth-order valence-corrected chi connectivity index (χ4v) is 10.4. The van der Waals surface area contributed by atoms with Gasteiger partial charge in [0.1, 0.15) is 12.9 Å². The molecule has 0 radical (unpaired) electrons. The SMILES string of the molecule is Cc1ncnc(C(=O)N2CCC3(CCc4c3c(=O)n3nc(-c5ccc(N6CCN(C7COC7)CC6)cc5)nc3n4CC(=O)Nc3ccc(C(F)(F)F)cc3Cl)[C@H]3CC[C@H]32)c1O. The van der Waals surface area contributed by atoms with E-state index in [1.54, 1.807) is 16.4 Å². The number of aromatic nitrogens is 6. The molecule has 1 unspecified atom stereocenters. The number of likely N-dealkylation sites (tertiary alicyclic amines) is 1. The zero-order valence-corrected chi connectivity index (χ0v) is 33.9. The molecule has 318 valence electrons. The molecule has 1 spiro atoms. The summed E-state index contributed by atoms with van der Waals surface area (Å²) in [5, 5.41) is 17.8. The third-order valence-electron chi connectivity index (χ3n) is 13.6. The second-order valence-electron chi connectivity index (χ2n) is 16.7. The molecule has 6 heterocycles. The number of benzene rings is 2. The number of ether oxygens (including phenoxy) is 1. The average Bonchev–Trinajstić information content (AvgIpc) is 3.82. The maximum absolute atomic E-state index is 14.9. The van der Waals surface area contributed by atoms with E-state index < -0.39 is 29.0 Å². The second-order valence-corrected chi connectivity index (χ2v) is 17.1. The Hall–Kier alpha value is -5.59. The molecular formula is C42H42ClF3N10O5. The molecule has 0 bridgehead atoms. The van der Waals surface area contributed by atoms with Crippen LogP contribution >= 0.6 is 11.6 Å². The van der Waals surface area contributed by atoms with E-state index in [1.807, 2.05) is 24.3 Å². The molecule has 10 rings (SSSR count). The smallest absolute Gasteiger partial charge is 0.416 e. The van der Waals surface area contributed by atoms with Gasteiger partial charge in [-0.15, -0.1) is 5.10 Å². The van der Waals surface area contributed by atoms with Crippen molar-refractivity contribution < 1.29 is 32.6 Å². The minimum absolute atomic E-state index is 0.00447. The number of carbonyl (C=O) groups excluding carboxylic acids is 2. The van der Waals surface area contributed by atoms with Crippen molar-refractivity contribution in [1.29, 1.82) is 0 Å². The maximum atomic E-state index is 14.9. The number of nitrogens with zero attached hydrogens (tertiary/aromatic N) is 9. The van der Waals surface area contributed by atoms with E-state index in [0.29, 0.717) is 60.8 Å². The molecule has 3 atom stereocenters. The van der Waals surface area contributed by atoms with Crippen molar-refractivity contribution in [1.82, 2.24) is 38.9 Å². The number of nitrogens with one attached hydrogen (secondary N) is 1. The van der Waals surface area contributed by atoms with Crippen molar-refractivity contribution in [3.8, 4) is 17.1 Å². The van der Waals surface area contributed by atoms with Gasteiger partial charge in [0.15, 0.2) is 17.3 Å². The first-order valence-electron chi connectivity index (χ1n) is 20.5. The van der Waals surface area contributed by atoms with Crippen molar-refractivity contribution in [3.05, 3.63) is 92.4 Å². The van der Waals surface area contributed by atoms with Crippen LogP contribution in [0.2, 0.25) is 5.02 Å². The molecule has 2 amide bonds. The van der Waals surface area contributed by atoms with Crippen LogP contribution in [0.3, 0.4) is 0 Å². The molecule has 2 aromatic carbocycles. The van der Waals surface area contributed by atoms with Gasteiger partial charge >= 0.3 is 6.18 Å². The lowest BCUT2D eigenvalue weighted by molar-refractivity contribution is -0.137. The first kappa shape index (κ1) is 39.5. The summed E-state index contributed by atoms with van der Waals surface area (Å²) >= 11 is 6.23. The van der Waals surface area contributed by atoms with Crippen LogP contribution in [0.4, 0.5) is 24.5 Å². The van der Waals surface area contributed by atoms with Crippen LogP contribution in [-0.4, -0.2) is 114 Å². The highest BCUT2D eigenvalue weighted by molar-refractivity contribution is 6.33. The van der Waals surface area contributed by atoms with Gasteiger partial charge in [-0.05, 0) is 87.4 Å². The van der Waals surface area contributed by atoms with E-state index in [-0.39, 0.29) is 57.8 Å². The number of hydrogen-bond acceptors (Lipinski definition) is 11. The summed E-state index contributed by atoms with van der Waals surface area (Å²) < 4.78 is 48.5. The van der Waals surface area contributed by atoms with Gasteiger partial charge in [0.25, 0.3) is 11.5 Å². The normalized spacial score (nSPS) is 22.8.